The maximum Gasteiger partial charge on any atom is 0.575 e. The highest BCUT2D eigenvalue weighted by atomic mass is 127. The molecule has 17 heavy (non-hydrogen) atoms. The van der Waals surface area contributed by atoms with Crippen LogP contribution in [0.3, 0.4) is 0 Å². The van der Waals surface area contributed by atoms with Gasteiger partial charge in [0.05, 0.1) is 0 Å². The van der Waals surface area contributed by atoms with Crippen molar-refractivity contribution in [2.75, 3.05) is 0 Å². The molecule has 0 bridgehead atoms. The average Bonchev–Trinajstić information content (AvgIpc) is 2.18. The maximum absolute atomic E-state index is 12.0. The van der Waals surface area contributed by atoms with Gasteiger partial charge in [-0.3, -0.25) is 0 Å². The summed E-state index contributed by atoms with van der Waals surface area (Å²) < 4.78 is 39.8. The summed E-state index contributed by atoms with van der Waals surface area (Å²) in [6, 6.07) is 1.08. The quantitative estimate of drug-likeness (QED) is 0.321. The van der Waals surface area contributed by atoms with E-state index in [1.165, 1.54) is 0 Å². The van der Waals surface area contributed by atoms with Crippen LogP contribution in [0.4, 0.5) is 19.0 Å². The summed E-state index contributed by atoms with van der Waals surface area (Å²) in [5.41, 5.74) is 0.298. The normalized spacial score (nSPS) is 11.4. The Bertz CT molecular complexity index is 455. The van der Waals surface area contributed by atoms with Gasteiger partial charge in [0.1, 0.15) is 3.57 Å². The van der Waals surface area contributed by atoms with Gasteiger partial charge in [0.15, 0.2) is 0 Å². The van der Waals surface area contributed by atoms with Crippen LogP contribution in [0.25, 0.3) is 0 Å². The molecule has 1 rings (SSSR count). The second-order valence-corrected chi connectivity index (χ2v) is 4.34. The molecule has 0 fully saturated rings. The average molecular weight is 427 g/mol. The molecular weight excluding hydrogens is 424 g/mol. The molecule has 0 atom stereocenters. The van der Waals surface area contributed by atoms with Crippen LogP contribution in [0.5, 0.6) is 5.88 Å². The van der Waals surface area contributed by atoms with Gasteiger partial charge < -0.3 is 14.9 Å². The summed E-state index contributed by atoms with van der Waals surface area (Å²) in [6.07, 6.45) is -4.94. The third-order valence-electron chi connectivity index (χ3n) is 1.53. The molecule has 0 aliphatic rings. The molecule has 0 aromatic carbocycles. The van der Waals surface area contributed by atoms with Crippen LogP contribution in [0.2, 0.25) is 0 Å². The minimum Gasteiger partial charge on any atom is -0.366 e. The van der Waals surface area contributed by atoms with E-state index in [9.17, 15) is 23.3 Å². The smallest absolute Gasteiger partial charge is 0.366 e. The minimum atomic E-state index is -4.94. The number of halogens is 5. The fourth-order valence-electron chi connectivity index (χ4n) is 0.910. The molecule has 0 aliphatic carbocycles. The summed E-state index contributed by atoms with van der Waals surface area (Å²) in [7, 11) is 0. The number of pyridine rings is 1. The number of hydrogen-bond donors (Lipinski definition) is 0. The van der Waals surface area contributed by atoms with Crippen LogP contribution >= 0.6 is 38.5 Å². The first-order chi connectivity index (χ1) is 7.74. The van der Waals surface area contributed by atoms with Gasteiger partial charge in [0.25, 0.3) is 0 Å². The predicted octanol–water partition coefficient (Wildman–Crippen LogP) is 3.39. The third kappa shape index (κ3) is 3.94. The zero-order valence-electron chi connectivity index (χ0n) is 7.79. The van der Waals surface area contributed by atoms with Crippen LogP contribution in [-0.4, -0.2) is 16.3 Å². The van der Waals surface area contributed by atoms with E-state index in [0.29, 0.717) is 5.56 Å². The first-order valence-corrected chi connectivity index (χ1v) is 6.10. The number of nitro groups is 1. The zero-order valence-corrected chi connectivity index (χ0v) is 11.5. The van der Waals surface area contributed by atoms with Gasteiger partial charge in [-0.2, -0.15) is 0 Å². The zero-order chi connectivity index (χ0) is 13.2. The summed E-state index contributed by atoms with van der Waals surface area (Å²) in [4.78, 5) is 12.8. The molecule has 0 saturated heterocycles. The number of aromatic nitrogens is 1. The van der Waals surface area contributed by atoms with E-state index in [1.54, 1.807) is 22.6 Å². The minimum absolute atomic E-state index is 0.0717. The Balaban J connectivity index is 3.28. The van der Waals surface area contributed by atoms with Gasteiger partial charge in [-0.25, -0.2) is 0 Å². The van der Waals surface area contributed by atoms with Crippen molar-refractivity contribution in [3.63, 3.8) is 0 Å². The van der Waals surface area contributed by atoms with Gasteiger partial charge in [-0.15, -0.1) is 13.2 Å². The highest BCUT2D eigenvalue weighted by molar-refractivity contribution is 14.1. The fourth-order valence-corrected chi connectivity index (χ4v) is 2.45. The molecule has 1 aromatic rings. The van der Waals surface area contributed by atoms with Crippen molar-refractivity contribution in [1.29, 1.82) is 0 Å². The Kier molecular flexibility index (Phi) is 4.52. The number of ether oxygens (including phenoxy) is 1. The predicted molar refractivity (Wildman–Crippen MR) is 62.9 cm³/mol. The molecule has 1 aromatic heterocycles. The van der Waals surface area contributed by atoms with E-state index >= 15 is 0 Å². The topological polar surface area (TPSA) is 65.3 Å². The third-order valence-corrected chi connectivity index (χ3v) is 3.29. The van der Waals surface area contributed by atoms with Crippen molar-refractivity contribution in [2.24, 2.45) is 0 Å². The number of alkyl halides is 4. The lowest BCUT2D eigenvalue weighted by molar-refractivity contribution is -0.390. The summed E-state index contributed by atoms with van der Waals surface area (Å²) in [6.45, 7) is 0. The highest BCUT2D eigenvalue weighted by Crippen LogP contribution is 2.31. The van der Waals surface area contributed by atoms with E-state index in [-0.39, 0.29) is 8.90 Å². The Morgan fingerprint density at radius 3 is 2.59 bits per heavy atom. The molecule has 10 heteroatoms. The second kappa shape index (κ2) is 5.33. The summed E-state index contributed by atoms with van der Waals surface area (Å²) in [5.74, 6) is -1.51. The maximum atomic E-state index is 12.0. The lowest BCUT2D eigenvalue weighted by atomic mass is 10.3. The van der Waals surface area contributed by atoms with Gasteiger partial charge in [-0.1, -0.05) is 15.9 Å². The monoisotopic (exact) mass is 426 g/mol. The molecule has 5 nitrogen and oxygen atoms in total. The van der Waals surface area contributed by atoms with E-state index in [4.69, 9.17) is 0 Å². The van der Waals surface area contributed by atoms with Gasteiger partial charge in [0.2, 0.25) is 0 Å². The van der Waals surface area contributed by atoms with Crippen LogP contribution in [0.1, 0.15) is 5.56 Å². The fraction of sp³-hybridized carbons (Fsp3) is 0.286. The molecule has 0 aliphatic heterocycles. The first-order valence-electron chi connectivity index (χ1n) is 3.90. The SMILES string of the molecule is O=[N+]([O-])c1cc(CBr)c(I)c(OC(F)(F)F)n1. The number of rotatable bonds is 3. The molecule has 94 valence electrons. The van der Waals surface area contributed by atoms with Gasteiger partial charge in [0, 0.05) is 16.4 Å². The largest absolute Gasteiger partial charge is 0.575 e. The van der Waals surface area contributed by atoms with Crippen molar-refractivity contribution in [2.45, 2.75) is 11.7 Å². The van der Waals surface area contributed by atoms with E-state index in [1.807, 2.05) is 0 Å². The molecule has 0 radical (unpaired) electrons. The highest BCUT2D eigenvalue weighted by Gasteiger charge is 2.36. The lowest BCUT2D eigenvalue weighted by Crippen LogP contribution is -2.19. The number of hydrogen-bond acceptors (Lipinski definition) is 4. The molecule has 1 heterocycles. The van der Waals surface area contributed by atoms with E-state index in [2.05, 4.69) is 25.7 Å². The van der Waals surface area contributed by atoms with Crippen molar-refractivity contribution < 1.29 is 22.8 Å². The summed E-state index contributed by atoms with van der Waals surface area (Å²) >= 11 is 4.59. The lowest BCUT2D eigenvalue weighted by Gasteiger charge is -2.08. The molecular formula is C7H3BrF3IN2O3. The van der Waals surface area contributed by atoms with Crippen LogP contribution in [0, 0.1) is 13.7 Å². The molecule has 0 saturated carbocycles. The molecule has 0 amide bonds. The second-order valence-electron chi connectivity index (χ2n) is 2.70. The molecule has 0 N–H and O–H groups in total. The van der Waals surface area contributed by atoms with Crippen molar-refractivity contribution in [3.05, 3.63) is 25.3 Å². The van der Waals surface area contributed by atoms with Crippen molar-refractivity contribution >= 4 is 44.3 Å². The van der Waals surface area contributed by atoms with Crippen molar-refractivity contribution in [1.82, 2.24) is 4.98 Å². The van der Waals surface area contributed by atoms with Crippen LogP contribution < -0.4 is 4.74 Å². The first kappa shape index (κ1) is 14.4. The Morgan fingerprint density at radius 2 is 2.18 bits per heavy atom. The van der Waals surface area contributed by atoms with Gasteiger partial charge in [-0.05, 0) is 33.1 Å². The standard InChI is InChI=1S/C7H3BrF3IN2O3/c8-2-3-1-4(14(15)16)13-6(5(3)12)17-7(9,10)11/h1H,2H2. The van der Waals surface area contributed by atoms with E-state index < -0.39 is 23.0 Å². The number of nitrogens with zero attached hydrogens (tertiary/aromatic N) is 2. The van der Waals surface area contributed by atoms with E-state index in [0.717, 1.165) is 6.07 Å². The van der Waals surface area contributed by atoms with Crippen LogP contribution in [0.15, 0.2) is 6.07 Å². The van der Waals surface area contributed by atoms with Crippen LogP contribution in [-0.2, 0) is 5.33 Å². The Morgan fingerprint density at radius 1 is 1.59 bits per heavy atom. The van der Waals surface area contributed by atoms with Crippen molar-refractivity contribution in [3.8, 4) is 5.88 Å². The summed E-state index contributed by atoms with van der Waals surface area (Å²) in [5, 5.41) is 10.6. The molecule has 0 spiro atoms. The Hall–Kier alpha value is -0.650. The Labute approximate surface area is 115 Å². The molecule has 0 unspecified atom stereocenters. The van der Waals surface area contributed by atoms with Gasteiger partial charge >= 0.3 is 18.1 Å².